The van der Waals surface area contributed by atoms with Crippen molar-refractivity contribution < 1.29 is 9.63 Å². The number of carbonyl (C=O) groups excluding carboxylic acids is 1. The van der Waals surface area contributed by atoms with E-state index in [-0.39, 0.29) is 0 Å². The van der Waals surface area contributed by atoms with Crippen molar-refractivity contribution in [3.8, 4) is 6.07 Å². The van der Waals surface area contributed by atoms with Crippen LogP contribution in [0, 0.1) is 11.3 Å². The molecule has 4 aromatic rings. The number of nitrogens with zero attached hydrogens (tertiary/aromatic N) is 5. The van der Waals surface area contributed by atoms with Crippen molar-refractivity contribution >= 4 is 51.5 Å². The van der Waals surface area contributed by atoms with Gasteiger partial charge < -0.3 is 20.0 Å². The number of halogens is 1. The Bertz CT molecular complexity index is 1430. The summed E-state index contributed by atoms with van der Waals surface area (Å²) in [7, 11) is 0. The number of oxime groups is 1. The van der Waals surface area contributed by atoms with Gasteiger partial charge in [0, 0.05) is 59.9 Å². The molecule has 1 saturated heterocycles. The van der Waals surface area contributed by atoms with E-state index in [0.29, 0.717) is 24.9 Å². The molecule has 1 fully saturated rings. The van der Waals surface area contributed by atoms with Crippen LogP contribution in [-0.4, -0.2) is 40.7 Å². The second kappa shape index (κ2) is 17.2. The van der Waals surface area contributed by atoms with Crippen LogP contribution in [0.4, 0.5) is 5.69 Å². The Morgan fingerprint density at radius 2 is 1.98 bits per heavy atom. The first-order valence-corrected chi connectivity index (χ1v) is 14.8. The Balaban J connectivity index is 0.000000230. The number of fused-ring (bicyclic) bond motifs is 1. The van der Waals surface area contributed by atoms with E-state index in [0.717, 1.165) is 64.5 Å². The van der Waals surface area contributed by atoms with Crippen molar-refractivity contribution in [2.45, 2.75) is 58.7 Å². The largest absolute Gasteiger partial charge is 0.390 e. The van der Waals surface area contributed by atoms with Crippen LogP contribution in [0.1, 0.15) is 54.9 Å². The highest BCUT2D eigenvalue weighted by atomic mass is 35.5. The second-order valence-corrected chi connectivity index (χ2v) is 11.2. The van der Waals surface area contributed by atoms with Crippen LogP contribution < -0.4 is 10.6 Å². The first-order valence-electron chi connectivity index (χ1n) is 13.7. The molecular weight excluding hydrogens is 556 g/mol. The average Bonchev–Trinajstić information content (AvgIpc) is 3.49. The van der Waals surface area contributed by atoms with Crippen LogP contribution in [0.5, 0.6) is 0 Å². The number of nitrogens with two attached hydrogens (primary N) is 1. The number of para-hydroxylation sites is 1. The fraction of sp³-hybridized carbons (Fsp3) is 0.355. The molecule has 2 N–H and O–H groups in total. The zero-order chi connectivity index (χ0) is 29.5. The molecule has 8 nitrogen and oxygen atoms in total. The quantitative estimate of drug-likeness (QED) is 0.133. The van der Waals surface area contributed by atoms with Gasteiger partial charge in [-0.25, -0.2) is 0 Å². The third-order valence-electron chi connectivity index (χ3n) is 6.54. The van der Waals surface area contributed by atoms with E-state index in [1.54, 1.807) is 6.07 Å². The molecule has 1 atom stereocenters. The van der Waals surface area contributed by atoms with E-state index in [4.69, 9.17) is 27.4 Å². The fourth-order valence-corrected chi connectivity index (χ4v) is 5.44. The molecule has 1 unspecified atom stereocenters. The lowest BCUT2D eigenvalue weighted by molar-refractivity contribution is 0.111. The minimum atomic E-state index is 0.391. The Morgan fingerprint density at radius 1 is 1.22 bits per heavy atom. The number of aldehydes is 1. The summed E-state index contributed by atoms with van der Waals surface area (Å²) in [5.41, 5.74) is 9.75. The van der Waals surface area contributed by atoms with Crippen molar-refractivity contribution in [3.63, 3.8) is 0 Å². The summed E-state index contributed by atoms with van der Waals surface area (Å²) in [6.07, 6.45) is 8.77. The molecule has 10 heteroatoms. The summed E-state index contributed by atoms with van der Waals surface area (Å²) in [5, 5.41) is 12.6. The van der Waals surface area contributed by atoms with E-state index in [1.807, 2.05) is 66.3 Å². The van der Waals surface area contributed by atoms with Crippen molar-refractivity contribution in [1.29, 1.82) is 5.26 Å². The van der Waals surface area contributed by atoms with Crippen molar-refractivity contribution in [1.82, 2.24) is 9.55 Å². The molecule has 0 spiro atoms. The van der Waals surface area contributed by atoms with Crippen LogP contribution >= 0.6 is 22.9 Å². The number of nitriles is 1. The molecule has 0 radical (unpaired) electrons. The highest BCUT2D eigenvalue weighted by Gasteiger charge is 2.14. The Hall–Kier alpha value is -3.71. The standard InChI is InChI=1S/C18H17ClN2O2S.C11H17N3.C2H3N/c1-2-14(20-23-12-16-7-8-18(19)24-16)10-21-15(11-22)9-13-5-3-4-6-17(13)21;12-10-2-1-8-14(9-5-10)11-3-6-13-7-4-11;1-2-3/h3-9,11H,2,10,12H2,1H3;3-4,6-7,10H,1-2,5,8-9,12H2;1H3/b20-14+;;. The zero-order valence-electron chi connectivity index (χ0n) is 23.6. The minimum Gasteiger partial charge on any atom is -0.390 e. The SMILES string of the molecule is CC#N.CC/C(Cn1c(C=O)cc2ccccc21)=N\OCc1ccc(Cl)s1.NC1CCCN(c2ccncc2)CC1. The zero-order valence-corrected chi connectivity index (χ0v) is 25.2. The molecule has 1 aliphatic rings. The summed E-state index contributed by atoms with van der Waals surface area (Å²) in [6, 6.07) is 19.9. The smallest absolute Gasteiger partial charge is 0.166 e. The highest BCUT2D eigenvalue weighted by Crippen LogP contribution is 2.23. The average molecular weight is 593 g/mol. The van der Waals surface area contributed by atoms with Gasteiger partial charge in [-0.05, 0) is 62.1 Å². The van der Waals surface area contributed by atoms with Gasteiger partial charge >= 0.3 is 0 Å². The molecule has 3 aromatic heterocycles. The Kier molecular flexibility index (Phi) is 13.3. The van der Waals surface area contributed by atoms with Gasteiger partial charge in [0.15, 0.2) is 12.9 Å². The predicted molar refractivity (Wildman–Crippen MR) is 169 cm³/mol. The van der Waals surface area contributed by atoms with Gasteiger partial charge in [-0.2, -0.15) is 5.26 Å². The number of hydrogen-bond donors (Lipinski definition) is 1. The van der Waals surface area contributed by atoms with Gasteiger partial charge in [-0.15, -0.1) is 11.3 Å². The second-order valence-electron chi connectivity index (χ2n) is 9.43. The first-order chi connectivity index (χ1) is 20.0. The molecule has 0 amide bonds. The third kappa shape index (κ3) is 10.0. The first kappa shape index (κ1) is 31.8. The Labute approximate surface area is 251 Å². The normalized spacial score (nSPS) is 15.0. The molecule has 1 aliphatic heterocycles. The molecule has 5 rings (SSSR count). The van der Waals surface area contributed by atoms with Gasteiger partial charge in [0.2, 0.25) is 0 Å². The van der Waals surface area contributed by atoms with Gasteiger partial charge in [-0.1, -0.05) is 41.9 Å². The monoisotopic (exact) mass is 592 g/mol. The van der Waals surface area contributed by atoms with Gasteiger partial charge in [0.1, 0.15) is 0 Å². The van der Waals surface area contributed by atoms with Crippen molar-refractivity contribution in [3.05, 3.63) is 81.9 Å². The number of anilines is 1. The highest BCUT2D eigenvalue weighted by molar-refractivity contribution is 7.16. The van der Waals surface area contributed by atoms with E-state index in [9.17, 15) is 4.79 Å². The lowest BCUT2D eigenvalue weighted by Gasteiger charge is -2.22. The Morgan fingerprint density at radius 3 is 2.66 bits per heavy atom. The lowest BCUT2D eigenvalue weighted by atomic mass is 10.1. The summed E-state index contributed by atoms with van der Waals surface area (Å²) in [4.78, 5) is 24.3. The summed E-state index contributed by atoms with van der Waals surface area (Å²) >= 11 is 7.38. The number of rotatable bonds is 8. The van der Waals surface area contributed by atoms with E-state index in [2.05, 4.69) is 27.2 Å². The number of carbonyl (C=O) groups is 1. The molecule has 216 valence electrons. The maximum Gasteiger partial charge on any atom is 0.166 e. The van der Waals surface area contributed by atoms with E-state index >= 15 is 0 Å². The number of thiophene rings is 1. The summed E-state index contributed by atoms with van der Waals surface area (Å²) in [6.45, 7) is 6.58. The predicted octanol–water partition coefficient (Wildman–Crippen LogP) is 7.08. The molecule has 4 heterocycles. The molecular formula is C31H37ClN6O2S. The van der Waals surface area contributed by atoms with Crippen LogP contribution in [-0.2, 0) is 18.0 Å². The fourth-order valence-electron chi connectivity index (χ4n) is 4.45. The van der Waals surface area contributed by atoms with E-state index < -0.39 is 0 Å². The van der Waals surface area contributed by atoms with Crippen LogP contribution in [0.2, 0.25) is 4.34 Å². The van der Waals surface area contributed by atoms with Gasteiger partial charge in [-0.3, -0.25) is 9.78 Å². The van der Waals surface area contributed by atoms with Crippen LogP contribution in [0.15, 0.2) is 72.1 Å². The number of aromatic nitrogens is 2. The van der Waals surface area contributed by atoms with E-state index in [1.165, 1.54) is 30.4 Å². The van der Waals surface area contributed by atoms with Crippen molar-refractivity contribution in [2.75, 3.05) is 18.0 Å². The summed E-state index contributed by atoms with van der Waals surface area (Å²) in [5.74, 6) is 0. The van der Waals surface area contributed by atoms with Gasteiger partial charge in [0.05, 0.1) is 28.4 Å². The topological polar surface area (TPSA) is 110 Å². The number of pyridine rings is 1. The number of benzene rings is 1. The maximum absolute atomic E-state index is 11.4. The van der Waals surface area contributed by atoms with Crippen molar-refractivity contribution in [2.24, 2.45) is 10.9 Å². The lowest BCUT2D eigenvalue weighted by Crippen LogP contribution is -2.26. The molecule has 1 aromatic carbocycles. The number of hydrogen-bond acceptors (Lipinski definition) is 8. The van der Waals surface area contributed by atoms with Crippen LogP contribution in [0.25, 0.3) is 10.9 Å². The summed E-state index contributed by atoms with van der Waals surface area (Å²) < 4.78 is 2.71. The molecule has 0 bridgehead atoms. The van der Waals surface area contributed by atoms with Gasteiger partial charge in [0.25, 0.3) is 0 Å². The molecule has 0 aliphatic carbocycles. The minimum absolute atomic E-state index is 0.391. The maximum atomic E-state index is 11.4. The third-order valence-corrected chi connectivity index (χ3v) is 7.75. The molecule has 0 saturated carbocycles. The molecule has 41 heavy (non-hydrogen) atoms. The van der Waals surface area contributed by atoms with Crippen LogP contribution in [0.3, 0.4) is 0 Å².